The molecule has 2 radical (unpaired) electrons. The maximum Gasteiger partial charge on any atom is 0.227 e. The van der Waals surface area contributed by atoms with Crippen LogP contribution in [0.5, 0.6) is 0 Å². The molecule has 1 fully saturated rings. The molecule has 0 unspecified atom stereocenters. The maximum absolute atomic E-state index is 6.83. The fraction of sp³-hybridized carbons (Fsp3) is 0.231. The smallest absolute Gasteiger partial charge is 0.227 e. The third-order valence-corrected chi connectivity index (χ3v) is 6.60. The van der Waals surface area contributed by atoms with Crippen molar-refractivity contribution in [2.45, 2.75) is 37.4 Å². The first-order valence-electron chi connectivity index (χ1n) is 10.7. The first kappa shape index (κ1) is 17.7. The van der Waals surface area contributed by atoms with Crippen LogP contribution in [0.1, 0.15) is 37.7 Å². The van der Waals surface area contributed by atoms with Gasteiger partial charge in [0, 0.05) is 28.7 Å². The predicted octanol–water partition coefficient (Wildman–Crippen LogP) is 6.52. The zero-order chi connectivity index (χ0) is 20.1. The van der Waals surface area contributed by atoms with E-state index >= 15 is 0 Å². The summed E-state index contributed by atoms with van der Waals surface area (Å²) in [5.41, 5.74) is 4.55. The fourth-order valence-electron chi connectivity index (χ4n) is 5.01. The second-order valence-corrected chi connectivity index (χ2v) is 8.45. The average molecular weight is 388 g/mol. The van der Waals surface area contributed by atoms with Crippen molar-refractivity contribution in [1.29, 1.82) is 0 Å². The normalized spacial score (nSPS) is 16.4. The number of rotatable bonds is 2. The van der Waals surface area contributed by atoms with E-state index in [0.29, 0.717) is 5.71 Å². The molecule has 1 saturated carbocycles. The van der Waals surface area contributed by atoms with Crippen molar-refractivity contribution in [3.63, 3.8) is 0 Å². The van der Waals surface area contributed by atoms with Crippen molar-refractivity contribution in [3.05, 3.63) is 72.6 Å². The number of benzene rings is 2. The molecule has 1 aliphatic rings. The molecule has 3 aromatic heterocycles. The molecule has 5 aromatic rings. The summed E-state index contributed by atoms with van der Waals surface area (Å²) in [7, 11) is 6.83. The Balaban J connectivity index is 1.64. The molecule has 6 rings (SSSR count). The van der Waals surface area contributed by atoms with Gasteiger partial charge in [-0.05, 0) is 52.0 Å². The molecule has 2 aromatic carbocycles. The van der Waals surface area contributed by atoms with Crippen molar-refractivity contribution >= 4 is 40.7 Å². The second-order valence-electron chi connectivity index (χ2n) is 8.45. The van der Waals surface area contributed by atoms with E-state index < -0.39 is 0 Å². The third kappa shape index (κ3) is 2.67. The number of fused-ring (bicyclic) bond motifs is 5. The van der Waals surface area contributed by atoms with Gasteiger partial charge in [0.2, 0.25) is 5.71 Å². The summed E-state index contributed by atoms with van der Waals surface area (Å²) in [5, 5.41) is 4.20. The van der Waals surface area contributed by atoms with Gasteiger partial charge in [-0.3, -0.25) is 4.98 Å². The van der Waals surface area contributed by atoms with E-state index in [-0.39, 0.29) is 5.31 Å². The molecule has 0 N–H and O–H groups in total. The summed E-state index contributed by atoms with van der Waals surface area (Å²) in [4.78, 5) is 9.18. The molecule has 0 bridgehead atoms. The second kappa shape index (κ2) is 6.70. The van der Waals surface area contributed by atoms with Crippen LogP contribution in [0.25, 0.3) is 44.1 Å². The van der Waals surface area contributed by atoms with Gasteiger partial charge in [-0.2, -0.15) is 0 Å². The Hall–Kier alpha value is -3.14. The van der Waals surface area contributed by atoms with E-state index in [1.54, 1.807) is 6.20 Å². The molecule has 0 atom stereocenters. The van der Waals surface area contributed by atoms with E-state index in [9.17, 15) is 0 Å². The van der Waals surface area contributed by atoms with Gasteiger partial charge in [-0.15, -0.1) is 0 Å². The Bertz CT molecular complexity index is 1400. The van der Waals surface area contributed by atoms with Crippen LogP contribution in [0, 0.1) is 0 Å². The summed E-state index contributed by atoms with van der Waals surface area (Å²) in [6, 6.07) is 18.9. The van der Waals surface area contributed by atoms with Crippen molar-refractivity contribution in [3.8, 4) is 11.3 Å². The van der Waals surface area contributed by atoms with Crippen LogP contribution in [0.4, 0.5) is 0 Å². The largest absolute Gasteiger partial charge is 0.437 e. The topological polar surface area (TPSA) is 38.9 Å². The van der Waals surface area contributed by atoms with Gasteiger partial charge in [0.25, 0.3) is 0 Å². The van der Waals surface area contributed by atoms with E-state index in [0.717, 1.165) is 40.5 Å². The van der Waals surface area contributed by atoms with E-state index in [1.807, 2.05) is 12.3 Å². The van der Waals surface area contributed by atoms with Crippen LogP contribution in [0.2, 0.25) is 0 Å². The number of hydrogen-bond donors (Lipinski definition) is 0. The summed E-state index contributed by atoms with van der Waals surface area (Å²) in [5.74, 6) is 0. The van der Waals surface area contributed by atoms with Gasteiger partial charge in [0.1, 0.15) is 5.58 Å². The van der Waals surface area contributed by atoms with E-state index in [1.165, 1.54) is 35.6 Å². The highest BCUT2D eigenvalue weighted by Gasteiger charge is 2.29. The molecular weight excluding hydrogens is 367 g/mol. The molecule has 1 aliphatic carbocycles. The van der Waals surface area contributed by atoms with Crippen LogP contribution < -0.4 is 0 Å². The minimum Gasteiger partial charge on any atom is -0.437 e. The number of hydrogen-bond acceptors (Lipinski definition) is 3. The summed E-state index contributed by atoms with van der Waals surface area (Å²) < 4.78 is 6.27. The highest BCUT2D eigenvalue weighted by molar-refractivity contribution is 6.22. The highest BCUT2D eigenvalue weighted by atomic mass is 16.3. The van der Waals surface area contributed by atoms with E-state index in [2.05, 4.69) is 53.5 Å². The van der Waals surface area contributed by atoms with Gasteiger partial charge in [0.05, 0.1) is 13.5 Å². The fourth-order valence-corrected chi connectivity index (χ4v) is 5.01. The molecule has 0 spiro atoms. The minimum absolute atomic E-state index is 0.263. The standard InChI is InChI=1S/C26H21BN2O/c27-26(11-4-1-5-12-26)18-10-14-28-22(16-18)21-15-17-7-2-3-8-19(17)23-20-9-6-13-29-25(20)30-24(21)23/h2-3,6-10,13-16H,1,4-5,11-12H2. The lowest BCUT2D eigenvalue weighted by atomic mass is 9.57. The van der Waals surface area contributed by atoms with Gasteiger partial charge >= 0.3 is 0 Å². The zero-order valence-corrected chi connectivity index (χ0v) is 16.8. The Kier molecular flexibility index (Phi) is 3.95. The minimum atomic E-state index is -0.263. The highest BCUT2D eigenvalue weighted by Crippen LogP contribution is 2.41. The first-order valence-corrected chi connectivity index (χ1v) is 10.7. The number of nitrogens with zero attached hydrogens (tertiary/aromatic N) is 2. The Morgan fingerprint density at radius 3 is 2.57 bits per heavy atom. The zero-order valence-electron chi connectivity index (χ0n) is 16.8. The van der Waals surface area contributed by atoms with Crippen LogP contribution in [-0.4, -0.2) is 17.8 Å². The van der Waals surface area contributed by atoms with E-state index in [4.69, 9.17) is 17.2 Å². The van der Waals surface area contributed by atoms with Crippen molar-refractivity contribution in [2.75, 3.05) is 0 Å². The molecule has 4 heteroatoms. The predicted molar refractivity (Wildman–Crippen MR) is 123 cm³/mol. The Labute approximate surface area is 176 Å². The van der Waals surface area contributed by atoms with Crippen molar-refractivity contribution < 1.29 is 4.42 Å². The van der Waals surface area contributed by atoms with Gasteiger partial charge < -0.3 is 4.42 Å². The average Bonchev–Trinajstić information content (AvgIpc) is 3.19. The molecule has 0 aliphatic heterocycles. The summed E-state index contributed by atoms with van der Waals surface area (Å²) >= 11 is 0. The van der Waals surface area contributed by atoms with Crippen LogP contribution in [-0.2, 0) is 5.31 Å². The Morgan fingerprint density at radius 1 is 0.833 bits per heavy atom. The number of furan rings is 1. The third-order valence-electron chi connectivity index (χ3n) is 6.60. The van der Waals surface area contributed by atoms with Crippen LogP contribution >= 0.6 is 0 Å². The van der Waals surface area contributed by atoms with Gasteiger partial charge in [-0.1, -0.05) is 56.4 Å². The first-order chi connectivity index (χ1) is 14.7. The lowest BCUT2D eigenvalue weighted by Crippen LogP contribution is -2.29. The molecule has 0 saturated heterocycles. The van der Waals surface area contributed by atoms with Crippen molar-refractivity contribution in [1.82, 2.24) is 9.97 Å². The number of aromatic nitrogens is 2. The van der Waals surface area contributed by atoms with Gasteiger partial charge in [0.15, 0.2) is 0 Å². The van der Waals surface area contributed by atoms with Crippen molar-refractivity contribution in [2.24, 2.45) is 0 Å². The molecular formula is C26H21BN2O. The lowest BCUT2D eigenvalue weighted by molar-refractivity contribution is 0.398. The quantitative estimate of drug-likeness (QED) is 0.323. The molecule has 3 heterocycles. The molecule has 3 nitrogen and oxygen atoms in total. The monoisotopic (exact) mass is 388 g/mol. The molecule has 30 heavy (non-hydrogen) atoms. The molecule has 144 valence electrons. The maximum atomic E-state index is 6.83. The summed E-state index contributed by atoms with van der Waals surface area (Å²) in [6.07, 6.45) is 9.35. The number of pyridine rings is 2. The molecule has 0 amide bonds. The van der Waals surface area contributed by atoms with Crippen LogP contribution in [0.3, 0.4) is 0 Å². The SMILES string of the molecule is [B]C1(c2ccnc(-c3cc4ccccc4c4c3oc3ncccc34)c2)CCCCC1. The lowest BCUT2D eigenvalue weighted by Gasteiger charge is -2.34. The Morgan fingerprint density at radius 2 is 1.67 bits per heavy atom. The summed E-state index contributed by atoms with van der Waals surface area (Å²) in [6.45, 7) is 0. The van der Waals surface area contributed by atoms with Crippen LogP contribution in [0.15, 0.2) is 71.4 Å². The van der Waals surface area contributed by atoms with Gasteiger partial charge in [-0.25, -0.2) is 4.98 Å².